The zero-order valence-electron chi connectivity index (χ0n) is 13.3. The van der Waals surface area contributed by atoms with Crippen molar-refractivity contribution >= 4 is 17.6 Å². The minimum absolute atomic E-state index is 0.000119. The fraction of sp³-hybridized carbons (Fsp3) is 0.250. The van der Waals surface area contributed by atoms with Gasteiger partial charge in [0.15, 0.2) is 0 Å². The summed E-state index contributed by atoms with van der Waals surface area (Å²) in [5.74, 6) is -1.67. The topological polar surface area (TPSA) is 101 Å². The smallest absolute Gasteiger partial charge is 0.335 e. The molecule has 0 fully saturated rings. The second-order valence-electron chi connectivity index (χ2n) is 5.30. The lowest BCUT2D eigenvalue weighted by Crippen LogP contribution is -2.31. The van der Waals surface area contributed by atoms with Crippen molar-refractivity contribution in [3.63, 3.8) is 0 Å². The minimum atomic E-state index is -1.09. The van der Waals surface area contributed by atoms with E-state index in [0.29, 0.717) is 22.5 Å². The quantitative estimate of drug-likeness (QED) is 0.897. The number of aromatic carboxylic acids is 1. The zero-order chi connectivity index (χ0) is 17.3. The molecular formula is C16H17N3O4. The number of hydrogen-bond donors (Lipinski definition) is 2. The van der Waals surface area contributed by atoms with E-state index >= 15 is 0 Å². The predicted molar refractivity (Wildman–Crippen MR) is 85.0 cm³/mol. The van der Waals surface area contributed by atoms with Crippen LogP contribution in [0.3, 0.4) is 0 Å². The highest BCUT2D eigenvalue weighted by Crippen LogP contribution is 2.18. The molecule has 0 aliphatic rings. The van der Waals surface area contributed by atoms with Gasteiger partial charge in [-0.25, -0.2) is 9.48 Å². The summed E-state index contributed by atoms with van der Waals surface area (Å²) in [7, 11) is 1.47. The Labute approximate surface area is 132 Å². The van der Waals surface area contributed by atoms with Crippen molar-refractivity contribution in [2.45, 2.75) is 20.8 Å². The normalized spacial score (nSPS) is 10.4. The van der Waals surface area contributed by atoms with Gasteiger partial charge in [0, 0.05) is 12.7 Å². The van der Waals surface area contributed by atoms with Crippen molar-refractivity contribution in [1.82, 2.24) is 9.78 Å². The van der Waals surface area contributed by atoms with Crippen molar-refractivity contribution in [3.05, 3.63) is 56.5 Å². The second kappa shape index (κ2) is 6.04. The van der Waals surface area contributed by atoms with Crippen LogP contribution < -0.4 is 10.9 Å². The number of carbonyl (C=O) groups is 2. The van der Waals surface area contributed by atoms with Gasteiger partial charge in [-0.3, -0.25) is 9.59 Å². The van der Waals surface area contributed by atoms with E-state index in [1.165, 1.54) is 19.2 Å². The summed E-state index contributed by atoms with van der Waals surface area (Å²) in [6.45, 7) is 5.10. The van der Waals surface area contributed by atoms with E-state index in [1.807, 2.05) is 0 Å². The summed E-state index contributed by atoms with van der Waals surface area (Å²) >= 11 is 0. The Morgan fingerprint density at radius 1 is 1.22 bits per heavy atom. The molecule has 1 heterocycles. The summed E-state index contributed by atoms with van der Waals surface area (Å²) in [5, 5.41) is 15.7. The molecule has 2 N–H and O–H groups in total. The number of amides is 1. The number of hydrogen-bond acceptors (Lipinski definition) is 4. The molecule has 0 aliphatic heterocycles. The summed E-state index contributed by atoms with van der Waals surface area (Å²) in [4.78, 5) is 35.7. The average molecular weight is 315 g/mol. The zero-order valence-corrected chi connectivity index (χ0v) is 13.3. The second-order valence-corrected chi connectivity index (χ2v) is 5.30. The van der Waals surface area contributed by atoms with Gasteiger partial charge in [-0.1, -0.05) is 6.07 Å². The molecule has 23 heavy (non-hydrogen) atoms. The number of anilines is 1. The van der Waals surface area contributed by atoms with Gasteiger partial charge < -0.3 is 10.4 Å². The van der Waals surface area contributed by atoms with Crippen molar-refractivity contribution < 1.29 is 14.7 Å². The van der Waals surface area contributed by atoms with Gasteiger partial charge >= 0.3 is 5.97 Å². The van der Waals surface area contributed by atoms with E-state index in [2.05, 4.69) is 10.4 Å². The molecule has 0 saturated carbocycles. The van der Waals surface area contributed by atoms with Crippen molar-refractivity contribution in [2.75, 3.05) is 5.32 Å². The molecule has 0 radical (unpaired) electrons. The van der Waals surface area contributed by atoms with Gasteiger partial charge in [-0.15, -0.1) is 0 Å². The van der Waals surface area contributed by atoms with E-state index < -0.39 is 17.4 Å². The largest absolute Gasteiger partial charge is 0.478 e. The monoisotopic (exact) mass is 315 g/mol. The van der Waals surface area contributed by atoms with Crippen LogP contribution in [0.5, 0.6) is 0 Å². The van der Waals surface area contributed by atoms with Gasteiger partial charge in [0.1, 0.15) is 5.56 Å². The maximum absolute atomic E-state index is 12.5. The Morgan fingerprint density at radius 3 is 2.48 bits per heavy atom. The van der Waals surface area contributed by atoms with Gasteiger partial charge in [0.2, 0.25) is 0 Å². The third-order valence-corrected chi connectivity index (χ3v) is 3.69. The Morgan fingerprint density at radius 2 is 1.87 bits per heavy atom. The highest BCUT2D eigenvalue weighted by atomic mass is 16.4. The summed E-state index contributed by atoms with van der Waals surface area (Å²) in [6, 6.07) is 4.42. The number of aryl methyl sites for hydroxylation is 3. The number of nitrogens with one attached hydrogen (secondary N) is 1. The number of rotatable bonds is 3. The van der Waals surface area contributed by atoms with Crippen LogP contribution in [-0.4, -0.2) is 26.8 Å². The first-order chi connectivity index (χ1) is 10.7. The first kappa shape index (κ1) is 16.4. The van der Waals surface area contributed by atoms with Crippen molar-refractivity contribution in [2.24, 2.45) is 7.05 Å². The summed E-state index contributed by atoms with van der Waals surface area (Å²) in [6.07, 6.45) is 0. The first-order valence-corrected chi connectivity index (χ1v) is 6.92. The van der Waals surface area contributed by atoms with E-state index in [-0.39, 0.29) is 11.1 Å². The van der Waals surface area contributed by atoms with Crippen LogP contribution in [0.1, 0.15) is 37.5 Å². The molecule has 0 spiro atoms. The molecule has 2 aromatic rings. The lowest BCUT2D eigenvalue weighted by Gasteiger charge is -2.12. The number of carboxylic acid groups (broad SMARTS) is 1. The fourth-order valence-corrected chi connectivity index (χ4v) is 2.19. The van der Waals surface area contributed by atoms with E-state index in [0.717, 1.165) is 4.68 Å². The minimum Gasteiger partial charge on any atom is -0.478 e. The van der Waals surface area contributed by atoms with E-state index in [9.17, 15) is 14.4 Å². The highest BCUT2D eigenvalue weighted by molar-refractivity contribution is 6.06. The Balaban J connectivity index is 2.47. The van der Waals surface area contributed by atoms with Crippen LogP contribution in [0, 0.1) is 20.8 Å². The van der Waals surface area contributed by atoms with Crippen LogP contribution in [0.4, 0.5) is 5.69 Å². The van der Waals surface area contributed by atoms with Gasteiger partial charge in [0.25, 0.3) is 11.5 Å². The number of aromatic nitrogens is 2. The van der Waals surface area contributed by atoms with Crippen molar-refractivity contribution in [1.29, 1.82) is 0 Å². The van der Waals surface area contributed by atoms with Gasteiger partial charge in [-0.05, 0) is 44.0 Å². The van der Waals surface area contributed by atoms with E-state index in [4.69, 9.17) is 5.11 Å². The van der Waals surface area contributed by atoms with Crippen LogP contribution in [-0.2, 0) is 7.05 Å². The maximum Gasteiger partial charge on any atom is 0.335 e. The molecule has 0 bridgehead atoms. The highest BCUT2D eigenvalue weighted by Gasteiger charge is 2.19. The Hall–Kier alpha value is -2.96. The van der Waals surface area contributed by atoms with Crippen molar-refractivity contribution in [3.8, 4) is 0 Å². The van der Waals surface area contributed by atoms with Crippen LogP contribution >= 0.6 is 0 Å². The van der Waals surface area contributed by atoms with Gasteiger partial charge in [0.05, 0.1) is 11.3 Å². The molecule has 0 unspecified atom stereocenters. The summed E-state index contributed by atoms with van der Waals surface area (Å²) < 4.78 is 1.11. The van der Waals surface area contributed by atoms with Crippen LogP contribution in [0.2, 0.25) is 0 Å². The van der Waals surface area contributed by atoms with E-state index in [1.54, 1.807) is 26.8 Å². The van der Waals surface area contributed by atoms with Crippen LogP contribution in [0.25, 0.3) is 0 Å². The lowest BCUT2D eigenvalue weighted by atomic mass is 10.1. The van der Waals surface area contributed by atoms with Gasteiger partial charge in [-0.2, -0.15) is 5.10 Å². The maximum atomic E-state index is 12.5. The molecule has 1 aromatic heterocycles. The standard InChI is InChI=1S/C16H17N3O4/c1-8-5-6-11(16(22)23)7-12(8)17-14(20)13-9(2)10(3)18-19(4)15(13)21/h5-7H,1-4H3,(H,17,20)(H,22,23). The molecular weight excluding hydrogens is 298 g/mol. The Kier molecular flexibility index (Phi) is 4.31. The third kappa shape index (κ3) is 3.13. The molecule has 1 amide bonds. The first-order valence-electron chi connectivity index (χ1n) is 6.92. The molecule has 7 nitrogen and oxygen atoms in total. The number of carbonyl (C=O) groups excluding carboxylic acids is 1. The molecule has 120 valence electrons. The summed E-state index contributed by atoms with van der Waals surface area (Å²) in [5.41, 5.74) is 1.68. The number of benzene rings is 1. The predicted octanol–water partition coefficient (Wildman–Crippen LogP) is 1.66. The molecule has 0 aliphatic carbocycles. The number of nitrogens with zero attached hydrogens (tertiary/aromatic N) is 2. The lowest BCUT2D eigenvalue weighted by molar-refractivity contribution is 0.0696. The molecule has 0 atom stereocenters. The molecule has 2 rings (SSSR count). The van der Waals surface area contributed by atoms with Crippen LogP contribution in [0.15, 0.2) is 23.0 Å². The third-order valence-electron chi connectivity index (χ3n) is 3.69. The molecule has 7 heteroatoms. The Bertz CT molecular complexity index is 868. The molecule has 0 saturated heterocycles. The average Bonchev–Trinajstić information content (AvgIpc) is 2.47. The SMILES string of the molecule is Cc1ccc(C(=O)O)cc1NC(=O)c1c(C)c(C)nn(C)c1=O. The molecule has 1 aromatic carbocycles. The number of carboxylic acids is 1. The fourth-order valence-electron chi connectivity index (χ4n) is 2.19.